The van der Waals surface area contributed by atoms with E-state index in [2.05, 4.69) is 5.32 Å². The van der Waals surface area contributed by atoms with Crippen LogP contribution < -0.4 is 5.32 Å². The minimum Gasteiger partial charge on any atom is -0.336 e. The van der Waals surface area contributed by atoms with E-state index < -0.39 is 4.92 Å². The lowest BCUT2D eigenvalue weighted by atomic mass is 10.1. The van der Waals surface area contributed by atoms with Gasteiger partial charge in [-0.25, -0.2) is 0 Å². The highest BCUT2D eigenvalue weighted by molar-refractivity contribution is 6.31. The van der Waals surface area contributed by atoms with Gasteiger partial charge in [0.05, 0.1) is 4.92 Å². The smallest absolute Gasteiger partial charge is 0.271 e. The molecule has 1 amide bonds. The van der Waals surface area contributed by atoms with Gasteiger partial charge in [0.25, 0.3) is 11.6 Å². The lowest BCUT2D eigenvalue weighted by Crippen LogP contribution is -2.51. The van der Waals surface area contributed by atoms with Crippen LogP contribution in [0.4, 0.5) is 5.69 Å². The van der Waals surface area contributed by atoms with Gasteiger partial charge < -0.3 is 10.2 Å². The van der Waals surface area contributed by atoms with Crippen molar-refractivity contribution in [3.63, 3.8) is 0 Å². The SMILES string of the molecule is C[C@@H]1CN(C(=O)c2cc(Cl)cc([N+](=O)[O-])c2)CCN1. The number of halogens is 1. The van der Waals surface area contributed by atoms with E-state index in [1.165, 1.54) is 18.2 Å². The predicted octanol–water partition coefficient (Wildman–Crippen LogP) is 1.68. The van der Waals surface area contributed by atoms with Crippen LogP contribution in [0.1, 0.15) is 17.3 Å². The zero-order valence-electron chi connectivity index (χ0n) is 10.4. The second kappa shape index (κ2) is 5.54. The summed E-state index contributed by atoms with van der Waals surface area (Å²) in [5, 5.41) is 14.2. The van der Waals surface area contributed by atoms with Crippen LogP contribution in [0.25, 0.3) is 0 Å². The number of hydrogen-bond acceptors (Lipinski definition) is 4. The molecule has 1 aliphatic heterocycles. The molecule has 0 saturated carbocycles. The number of carbonyl (C=O) groups is 1. The fourth-order valence-corrected chi connectivity index (χ4v) is 2.33. The van der Waals surface area contributed by atoms with E-state index in [4.69, 9.17) is 11.6 Å². The van der Waals surface area contributed by atoms with Gasteiger partial charge in [-0.15, -0.1) is 0 Å². The molecule has 1 fully saturated rings. The first kappa shape index (κ1) is 13.8. The van der Waals surface area contributed by atoms with Gasteiger partial charge >= 0.3 is 0 Å². The molecule has 1 heterocycles. The molecule has 102 valence electrons. The van der Waals surface area contributed by atoms with Gasteiger partial charge in [-0.3, -0.25) is 14.9 Å². The van der Waals surface area contributed by atoms with Crippen molar-refractivity contribution in [3.8, 4) is 0 Å². The first-order valence-electron chi connectivity index (χ1n) is 5.95. The van der Waals surface area contributed by atoms with Gasteiger partial charge in [0, 0.05) is 48.4 Å². The van der Waals surface area contributed by atoms with Gasteiger partial charge in [0.1, 0.15) is 0 Å². The molecule has 1 saturated heterocycles. The molecule has 0 aliphatic carbocycles. The molecule has 1 aromatic carbocycles. The van der Waals surface area contributed by atoms with E-state index in [9.17, 15) is 14.9 Å². The summed E-state index contributed by atoms with van der Waals surface area (Å²) in [6.45, 7) is 3.87. The van der Waals surface area contributed by atoms with Crippen LogP contribution in [0, 0.1) is 10.1 Å². The number of nitrogens with one attached hydrogen (secondary N) is 1. The van der Waals surface area contributed by atoms with Crippen molar-refractivity contribution in [2.75, 3.05) is 19.6 Å². The van der Waals surface area contributed by atoms with Gasteiger partial charge in [-0.1, -0.05) is 11.6 Å². The van der Waals surface area contributed by atoms with Crippen LogP contribution in [0.3, 0.4) is 0 Å². The minimum atomic E-state index is -0.553. The quantitative estimate of drug-likeness (QED) is 0.662. The number of benzene rings is 1. The molecule has 1 atom stereocenters. The zero-order valence-corrected chi connectivity index (χ0v) is 11.2. The Morgan fingerprint density at radius 3 is 2.89 bits per heavy atom. The van der Waals surface area contributed by atoms with Gasteiger partial charge in [0.2, 0.25) is 0 Å². The number of carbonyl (C=O) groups excluding carboxylic acids is 1. The van der Waals surface area contributed by atoms with Crippen LogP contribution in [0.15, 0.2) is 18.2 Å². The Morgan fingerprint density at radius 2 is 2.26 bits per heavy atom. The van der Waals surface area contributed by atoms with E-state index in [1.54, 1.807) is 4.90 Å². The molecule has 0 aromatic heterocycles. The Hall–Kier alpha value is -1.66. The van der Waals surface area contributed by atoms with E-state index >= 15 is 0 Å². The minimum absolute atomic E-state index is 0.168. The van der Waals surface area contributed by atoms with Crippen LogP contribution >= 0.6 is 11.6 Å². The zero-order chi connectivity index (χ0) is 14.0. The summed E-state index contributed by atoms with van der Waals surface area (Å²) < 4.78 is 0. The number of non-ortho nitro benzene ring substituents is 1. The number of nitrogens with zero attached hydrogens (tertiary/aromatic N) is 2. The van der Waals surface area contributed by atoms with Gasteiger partial charge in [-0.2, -0.15) is 0 Å². The lowest BCUT2D eigenvalue weighted by Gasteiger charge is -2.31. The molecule has 7 heteroatoms. The number of rotatable bonds is 2. The third-order valence-electron chi connectivity index (χ3n) is 3.00. The Labute approximate surface area is 115 Å². The van der Waals surface area contributed by atoms with E-state index in [0.29, 0.717) is 13.1 Å². The maximum atomic E-state index is 12.3. The Balaban J connectivity index is 2.25. The van der Waals surface area contributed by atoms with Gasteiger partial charge in [0.15, 0.2) is 0 Å². The lowest BCUT2D eigenvalue weighted by molar-refractivity contribution is -0.384. The summed E-state index contributed by atoms with van der Waals surface area (Å²) >= 11 is 5.82. The number of piperazine rings is 1. The molecular weight excluding hydrogens is 270 g/mol. The molecule has 0 spiro atoms. The van der Waals surface area contributed by atoms with E-state index in [-0.39, 0.29) is 28.2 Å². The molecule has 1 aliphatic rings. The Morgan fingerprint density at radius 1 is 1.53 bits per heavy atom. The average Bonchev–Trinajstić information content (AvgIpc) is 2.37. The van der Waals surface area contributed by atoms with Crippen molar-refractivity contribution in [1.82, 2.24) is 10.2 Å². The highest BCUT2D eigenvalue weighted by Gasteiger charge is 2.23. The molecule has 0 unspecified atom stereocenters. The highest BCUT2D eigenvalue weighted by Crippen LogP contribution is 2.22. The fourth-order valence-electron chi connectivity index (χ4n) is 2.10. The van der Waals surface area contributed by atoms with Crippen molar-refractivity contribution in [2.24, 2.45) is 0 Å². The third-order valence-corrected chi connectivity index (χ3v) is 3.21. The summed E-state index contributed by atoms with van der Waals surface area (Å²) in [5.74, 6) is -0.223. The monoisotopic (exact) mass is 283 g/mol. The van der Waals surface area contributed by atoms with E-state index in [1.807, 2.05) is 6.92 Å². The first-order chi connectivity index (χ1) is 8.97. The van der Waals surface area contributed by atoms with Crippen LogP contribution in [-0.4, -0.2) is 41.4 Å². The van der Waals surface area contributed by atoms with Crippen molar-refractivity contribution in [3.05, 3.63) is 38.9 Å². The molecule has 0 bridgehead atoms. The fraction of sp³-hybridized carbons (Fsp3) is 0.417. The number of hydrogen-bond donors (Lipinski definition) is 1. The van der Waals surface area contributed by atoms with Crippen molar-refractivity contribution in [1.29, 1.82) is 0 Å². The number of nitro benzene ring substituents is 1. The van der Waals surface area contributed by atoms with Crippen molar-refractivity contribution >= 4 is 23.2 Å². The molecule has 2 rings (SSSR count). The van der Waals surface area contributed by atoms with Gasteiger partial charge in [-0.05, 0) is 13.0 Å². The molecule has 1 N–H and O–H groups in total. The summed E-state index contributed by atoms with van der Waals surface area (Å²) in [7, 11) is 0. The third kappa shape index (κ3) is 3.21. The van der Waals surface area contributed by atoms with E-state index in [0.717, 1.165) is 6.54 Å². The summed E-state index contributed by atoms with van der Waals surface area (Å²) in [6.07, 6.45) is 0. The summed E-state index contributed by atoms with van der Waals surface area (Å²) in [5.41, 5.74) is 0.0901. The maximum absolute atomic E-state index is 12.3. The van der Waals surface area contributed by atoms with Crippen LogP contribution in [-0.2, 0) is 0 Å². The van der Waals surface area contributed by atoms with Crippen molar-refractivity contribution < 1.29 is 9.72 Å². The topological polar surface area (TPSA) is 75.5 Å². The van der Waals surface area contributed by atoms with Crippen LogP contribution in [0.2, 0.25) is 5.02 Å². The van der Waals surface area contributed by atoms with Crippen LogP contribution in [0.5, 0.6) is 0 Å². The molecule has 19 heavy (non-hydrogen) atoms. The number of amides is 1. The molecular formula is C12H14ClN3O3. The molecule has 6 nitrogen and oxygen atoms in total. The van der Waals surface area contributed by atoms with Crippen molar-refractivity contribution in [2.45, 2.75) is 13.0 Å². The second-order valence-electron chi connectivity index (χ2n) is 4.56. The molecule has 0 radical (unpaired) electrons. The standard InChI is InChI=1S/C12H14ClN3O3/c1-8-7-15(3-2-14-8)12(17)9-4-10(13)6-11(5-9)16(18)19/h4-6,8,14H,2-3,7H2,1H3/t8-/m1/s1. The maximum Gasteiger partial charge on any atom is 0.271 e. The average molecular weight is 284 g/mol. The molecule has 1 aromatic rings. The Kier molecular flexibility index (Phi) is 4.01. The predicted molar refractivity (Wildman–Crippen MR) is 71.5 cm³/mol. The normalized spacial score (nSPS) is 19.3. The number of nitro groups is 1. The largest absolute Gasteiger partial charge is 0.336 e. The Bertz CT molecular complexity index is 521. The second-order valence-corrected chi connectivity index (χ2v) is 5.00. The summed E-state index contributed by atoms with van der Waals surface area (Å²) in [4.78, 5) is 24.2. The first-order valence-corrected chi connectivity index (χ1v) is 6.33. The highest BCUT2D eigenvalue weighted by atomic mass is 35.5. The summed E-state index contributed by atoms with van der Waals surface area (Å²) in [6, 6.07) is 4.18.